The Labute approximate surface area is 138 Å². The number of likely N-dealkylation sites (N-methyl/N-ethyl adjacent to an activating group) is 1. The lowest BCUT2D eigenvalue weighted by Gasteiger charge is -2.40. The number of aromatic nitrogens is 2. The molecule has 23 heavy (non-hydrogen) atoms. The highest BCUT2D eigenvalue weighted by Gasteiger charge is 2.32. The van der Waals surface area contributed by atoms with Crippen molar-refractivity contribution in [2.24, 2.45) is 11.7 Å². The zero-order valence-electron chi connectivity index (χ0n) is 13.9. The van der Waals surface area contributed by atoms with Crippen molar-refractivity contribution in [1.82, 2.24) is 15.1 Å². The maximum atomic E-state index is 12.8. The summed E-state index contributed by atoms with van der Waals surface area (Å²) in [5.74, 6) is 1.28. The quantitative estimate of drug-likeness (QED) is 0.912. The first kappa shape index (κ1) is 16.2. The van der Waals surface area contributed by atoms with Gasteiger partial charge >= 0.3 is 0 Å². The number of hydrogen-bond acceptors (Lipinski definition) is 5. The molecule has 2 fully saturated rings. The Kier molecular flexibility index (Phi) is 5.10. The SMILES string of the molecule is CN(C(=O)C1CCCC(N)C1)C1CCCN(c2cccnn2)C1. The van der Waals surface area contributed by atoms with Gasteiger partial charge in [0.25, 0.3) is 0 Å². The van der Waals surface area contributed by atoms with Crippen molar-refractivity contribution in [3.63, 3.8) is 0 Å². The van der Waals surface area contributed by atoms with Crippen LogP contribution >= 0.6 is 0 Å². The number of piperidine rings is 1. The third-order valence-corrected chi connectivity index (χ3v) is 5.24. The highest BCUT2D eigenvalue weighted by Crippen LogP contribution is 2.27. The maximum absolute atomic E-state index is 12.8. The van der Waals surface area contributed by atoms with Crippen LogP contribution in [0.25, 0.3) is 0 Å². The Morgan fingerprint density at radius 3 is 2.96 bits per heavy atom. The van der Waals surface area contributed by atoms with Gasteiger partial charge in [0, 0.05) is 44.3 Å². The third-order valence-electron chi connectivity index (χ3n) is 5.24. The number of nitrogens with zero attached hydrogens (tertiary/aromatic N) is 4. The van der Waals surface area contributed by atoms with Gasteiger partial charge in [-0.1, -0.05) is 6.42 Å². The number of amides is 1. The van der Waals surface area contributed by atoms with Crippen LogP contribution in [0, 0.1) is 5.92 Å². The summed E-state index contributed by atoms with van der Waals surface area (Å²) in [6, 6.07) is 4.33. The van der Waals surface area contributed by atoms with E-state index in [0.29, 0.717) is 0 Å². The smallest absolute Gasteiger partial charge is 0.225 e. The van der Waals surface area contributed by atoms with Gasteiger partial charge in [0.05, 0.1) is 0 Å². The molecule has 1 amide bonds. The Morgan fingerprint density at radius 2 is 2.22 bits per heavy atom. The fourth-order valence-corrected chi connectivity index (χ4v) is 3.86. The van der Waals surface area contributed by atoms with E-state index in [0.717, 1.165) is 57.4 Å². The summed E-state index contributed by atoms with van der Waals surface area (Å²) in [5, 5.41) is 8.16. The molecule has 0 spiro atoms. The first-order valence-corrected chi connectivity index (χ1v) is 8.70. The van der Waals surface area contributed by atoms with Gasteiger partial charge in [-0.3, -0.25) is 4.79 Å². The zero-order chi connectivity index (χ0) is 16.2. The summed E-state index contributed by atoms with van der Waals surface area (Å²) in [4.78, 5) is 17.0. The van der Waals surface area contributed by atoms with Crippen LogP contribution in [0.3, 0.4) is 0 Å². The minimum atomic E-state index is 0.107. The van der Waals surface area contributed by atoms with Crippen molar-refractivity contribution in [2.75, 3.05) is 25.0 Å². The fraction of sp³-hybridized carbons (Fsp3) is 0.706. The van der Waals surface area contributed by atoms with Crippen molar-refractivity contribution in [3.05, 3.63) is 18.3 Å². The lowest BCUT2D eigenvalue weighted by Crippen LogP contribution is -2.51. The molecule has 6 nitrogen and oxygen atoms in total. The molecule has 3 unspecified atom stereocenters. The zero-order valence-corrected chi connectivity index (χ0v) is 13.9. The summed E-state index contributed by atoms with van der Waals surface area (Å²) >= 11 is 0. The van der Waals surface area contributed by atoms with Crippen LogP contribution in [0.1, 0.15) is 38.5 Å². The summed E-state index contributed by atoms with van der Waals surface area (Å²) < 4.78 is 0. The molecule has 1 saturated heterocycles. The summed E-state index contributed by atoms with van der Waals surface area (Å²) in [7, 11) is 1.95. The molecule has 126 valence electrons. The number of hydrogen-bond donors (Lipinski definition) is 1. The predicted molar refractivity (Wildman–Crippen MR) is 90.0 cm³/mol. The van der Waals surface area contributed by atoms with Crippen molar-refractivity contribution >= 4 is 11.7 Å². The van der Waals surface area contributed by atoms with Crippen molar-refractivity contribution in [3.8, 4) is 0 Å². The molecule has 0 bridgehead atoms. The van der Waals surface area contributed by atoms with Crippen LogP contribution in [0.15, 0.2) is 18.3 Å². The van der Waals surface area contributed by atoms with Crippen molar-refractivity contribution < 1.29 is 4.79 Å². The number of rotatable bonds is 3. The summed E-state index contributed by atoms with van der Waals surface area (Å²) in [6.45, 7) is 1.81. The van der Waals surface area contributed by atoms with Gasteiger partial charge in [-0.2, -0.15) is 5.10 Å². The van der Waals surface area contributed by atoms with E-state index in [1.807, 2.05) is 24.1 Å². The predicted octanol–water partition coefficient (Wildman–Crippen LogP) is 1.42. The first-order valence-electron chi connectivity index (χ1n) is 8.70. The molecule has 2 aliphatic rings. The first-order chi connectivity index (χ1) is 11.1. The molecule has 0 radical (unpaired) electrons. The van der Waals surface area contributed by atoms with Crippen LogP contribution < -0.4 is 10.6 Å². The van der Waals surface area contributed by atoms with Gasteiger partial charge in [0.2, 0.25) is 5.91 Å². The van der Waals surface area contributed by atoms with Gasteiger partial charge in [-0.25, -0.2) is 0 Å². The Morgan fingerprint density at radius 1 is 1.35 bits per heavy atom. The maximum Gasteiger partial charge on any atom is 0.225 e. The molecule has 2 N–H and O–H groups in total. The van der Waals surface area contributed by atoms with E-state index in [4.69, 9.17) is 5.73 Å². The molecule has 0 aromatic carbocycles. The lowest BCUT2D eigenvalue weighted by atomic mass is 9.85. The van der Waals surface area contributed by atoms with E-state index < -0.39 is 0 Å². The highest BCUT2D eigenvalue weighted by atomic mass is 16.2. The van der Waals surface area contributed by atoms with Gasteiger partial charge in [0.15, 0.2) is 5.82 Å². The minimum Gasteiger partial charge on any atom is -0.353 e. The molecule has 1 aromatic rings. The number of carbonyl (C=O) groups is 1. The van der Waals surface area contributed by atoms with E-state index in [1.54, 1.807) is 6.20 Å². The molecule has 1 aliphatic heterocycles. The Balaban J connectivity index is 1.62. The van der Waals surface area contributed by atoms with Gasteiger partial charge in [0.1, 0.15) is 0 Å². The van der Waals surface area contributed by atoms with E-state index in [-0.39, 0.29) is 23.9 Å². The van der Waals surface area contributed by atoms with Crippen LogP contribution in [-0.4, -0.2) is 53.2 Å². The molecule has 3 atom stereocenters. The standard InChI is InChI=1S/C17H27N5O/c1-21(17(23)13-5-2-6-14(18)11-13)15-7-4-10-22(12-15)16-8-3-9-19-20-16/h3,8-9,13-15H,2,4-7,10-12,18H2,1H3. The highest BCUT2D eigenvalue weighted by molar-refractivity contribution is 5.79. The van der Waals surface area contributed by atoms with Crippen LogP contribution in [-0.2, 0) is 4.79 Å². The molecule has 2 heterocycles. The molecule has 1 saturated carbocycles. The normalized spacial score (nSPS) is 28.4. The monoisotopic (exact) mass is 317 g/mol. The van der Waals surface area contributed by atoms with E-state index in [1.165, 1.54) is 0 Å². The number of carbonyl (C=O) groups excluding carboxylic acids is 1. The summed E-state index contributed by atoms with van der Waals surface area (Å²) in [5.41, 5.74) is 6.05. The molecule has 3 rings (SSSR count). The second kappa shape index (κ2) is 7.25. The molecule has 1 aliphatic carbocycles. The second-order valence-corrected chi connectivity index (χ2v) is 6.90. The van der Waals surface area contributed by atoms with Crippen LogP contribution in [0.5, 0.6) is 0 Å². The van der Waals surface area contributed by atoms with Crippen molar-refractivity contribution in [1.29, 1.82) is 0 Å². The largest absolute Gasteiger partial charge is 0.353 e. The molecule has 1 aromatic heterocycles. The van der Waals surface area contributed by atoms with E-state index in [9.17, 15) is 4.79 Å². The Hall–Kier alpha value is -1.69. The van der Waals surface area contributed by atoms with Gasteiger partial charge < -0.3 is 15.5 Å². The van der Waals surface area contributed by atoms with Gasteiger partial charge in [-0.05, 0) is 44.2 Å². The average molecular weight is 317 g/mol. The topological polar surface area (TPSA) is 75.3 Å². The van der Waals surface area contributed by atoms with Gasteiger partial charge in [-0.15, -0.1) is 5.10 Å². The molecular formula is C17H27N5O. The van der Waals surface area contributed by atoms with E-state index in [2.05, 4.69) is 15.1 Å². The van der Waals surface area contributed by atoms with E-state index >= 15 is 0 Å². The minimum absolute atomic E-state index is 0.107. The van der Waals surface area contributed by atoms with Crippen molar-refractivity contribution in [2.45, 2.75) is 50.6 Å². The second-order valence-electron chi connectivity index (χ2n) is 6.90. The summed E-state index contributed by atoms with van der Waals surface area (Å²) in [6.07, 6.45) is 7.76. The third kappa shape index (κ3) is 3.80. The van der Waals surface area contributed by atoms with Crippen LogP contribution in [0.2, 0.25) is 0 Å². The van der Waals surface area contributed by atoms with Crippen LogP contribution in [0.4, 0.5) is 5.82 Å². The Bertz CT molecular complexity index is 523. The molecular weight excluding hydrogens is 290 g/mol. The number of nitrogens with two attached hydrogens (primary N) is 1. The molecule has 6 heteroatoms. The average Bonchev–Trinajstić information content (AvgIpc) is 2.61. The fourth-order valence-electron chi connectivity index (χ4n) is 3.86. The lowest BCUT2D eigenvalue weighted by molar-refractivity contribution is -0.137. The number of anilines is 1.